The number of rotatable bonds is 5. The van der Waals surface area contributed by atoms with E-state index in [0.717, 1.165) is 39.3 Å². The van der Waals surface area contributed by atoms with Crippen LogP contribution in [0.1, 0.15) is 43.0 Å². The molecule has 4 N–H and O–H groups in total. The predicted octanol–water partition coefficient (Wildman–Crippen LogP) is 4.23. The number of nitrogen functional groups attached to an aromatic ring is 2. The molecule has 30 heavy (non-hydrogen) atoms. The van der Waals surface area contributed by atoms with Gasteiger partial charge in [-0.15, -0.1) is 0 Å². The van der Waals surface area contributed by atoms with Crippen molar-refractivity contribution in [2.45, 2.75) is 32.8 Å². The number of benzene rings is 2. The summed E-state index contributed by atoms with van der Waals surface area (Å²) in [6.45, 7) is 6.60. The lowest BCUT2D eigenvalue weighted by Crippen LogP contribution is -2.29. The molecule has 0 fully saturated rings. The largest absolute Gasteiger partial charge is 0.490 e. The average molecular weight is 402 g/mol. The number of nitrogens with zero attached hydrogens (tertiary/aromatic N) is 2. The third-order valence-corrected chi connectivity index (χ3v) is 4.96. The highest BCUT2D eigenvalue weighted by Crippen LogP contribution is 2.45. The Hall–Kier alpha value is -3.54. The molecule has 0 aliphatic carbocycles. The summed E-state index contributed by atoms with van der Waals surface area (Å²) in [5, 5.41) is 0. The first-order valence-corrected chi connectivity index (χ1v) is 10.0. The molecule has 154 valence electrons. The maximum Gasteiger partial charge on any atom is 0.221 e. The van der Waals surface area contributed by atoms with E-state index in [9.17, 15) is 0 Å². The van der Waals surface area contributed by atoms with Crippen LogP contribution in [0, 0.1) is 0 Å². The molecular formula is C24H26N4O2. The Labute approximate surface area is 176 Å². The van der Waals surface area contributed by atoms with Crippen molar-refractivity contribution in [3.05, 3.63) is 77.0 Å². The molecule has 4 rings (SSSR count). The molecule has 1 aromatic heterocycles. The van der Waals surface area contributed by atoms with Gasteiger partial charge >= 0.3 is 0 Å². The SMILES string of the molecule is CCOc1cc(Cc2cnc(N)nc2N)cc2c1OC(C)(C)C=C2c1ccccc1. The maximum atomic E-state index is 6.33. The summed E-state index contributed by atoms with van der Waals surface area (Å²) in [5.41, 5.74) is 16.3. The van der Waals surface area contributed by atoms with Crippen LogP contribution in [0.15, 0.2) is 54.7 Å². The fourth-order valence-corrected chi connectivity index (χ4v) is 3.69. The van der Waals surface area contributed by atoms with Gasteiger partial charge in [0.15, 0.2) is 11.5 Å². The minimum Gasteiger partial charge on any atom is -0.490 e. The lowest BCUT2D eigenvalue weighted by atomic mass is 9.88. The topological polar surface area (TPSA) is 96.3 Å². The number of aromatic nitrogens is 2. The molecule has 1 aliphatic heterocycles. The minimum atomic E-state index is -0.458. The van der Waals surface area contributed by atoms with Crippen LogP contribution in [0.5, 0.6) is 11.5 Å². The van der Waals surface area contributed by atoms with E-state index >= 15 is 0 Å². The molecular weight excluding hydrogens is 376 g/mol. The zero-order chi connectivity index (χ0) is 21.3. The first-order valence-electron chi connectivity index (χ1n) is 10.0. The number of ether oxygens (including phenoxy) is 2. The van der Waals surface area contributed by atoms with Gasteiger partial charge in [0.25, 0.3) is 0 Å². The number of nitrogens with two attached hydrogens (primary N) is 2. The Balaban J connectivity index is 1.85. The molecule has 2 heterocycles. The summed E-state index contributed by atoms with van der Waals surface area (Å²) in [6.07, 6.45) is 4.39. The van der Waals surface area contributed by atoms with Gasteiger partial charge in [-0.25, -0.2) is 4.98 Å². The van der Waals surface area contributed by atoms with E-state index in [1.54, 1.807) is 6.20 Å². The Morgan fingerprint density at radius 1 is 1.10 bits per heavy atom. The van der Waals surface area contributed by atoms with E-state index in [1.807, 2.05) is 31.2 Å². The summed E-state index contributed by atoms with van der Waals surface area (Å²) >= 11 is 0. The highest BCUT2D eigenvalue weighted by Gasteiger charge is 2.30. The molecule has 1 aliphatic rings. The molecule has 6 nitrogen and oxygen atoms in total. The zero-order valence-electron chi connectivity index (χ0n) is 17.5. The van der Waals surface area contributed by atoms with Crippen molar-refractivity contribution >= 4 is 17.3 Å². The molecule has 0 radical (unpaired) electrons. The van der Waals surface area contributed by atoms with Gasteiger partial charge in [-0.05, 0) is 55.7 Å². The van der Waals surface area contributed by atoms with E-state index in [0.29, 0.717) is 18.8 Å². The van der Waals surface area contributed by atoms with Gasteiger partial charge in [0.05, 0.1) is 6.61 Å². The van der Waals surface area contributed by atoms with Crippen molar-refractivity contribution in [3.63, 3.8) is 0 Å². The van der Waals surface area contributed by atoms with Gasteiger partial charge in [0.2, 0.25) is 5.95 Å². The van der Waals surface area contributed by atoms with E-state index in [4.69, 9.17) is 20.9 Å². The Kier molecular flexibility index (Phi) is 5.08. The van der Waals surface area contributed by atoms with Crippen LogP contribution in [0.2, 0.25) is 0 Å². The number of hydrogen-bond donors (Lipinski definition) is 2. The van der Waals surface area contributed by atoms with Crippen molar-refractivity contribution in [2.75, 3.05) is 18.1 Å². The zero-order valence-corrected chi connectivity index (χ0v) is 17.5. The van der Waals surface area contributed by atoms with Gasteiger partial charge in [-0.1, -0.05) is 30.3 Å². The molecule has 0 saturated heterocycles. The second kappa shape index (κ2) is 7.71. The Morgan fingerprint density at radius 2 is 1.87 bits per heavy atom. The first kappa shape index (κ1) is 19.8. The van der Waals surface area contributed by atoms with Gasteiger partial charge in [-0.3, -0.25) is 0 Å². The smallest absolute Gasteiger partial charge is 0.221 e. The normalized spacial score (nSPS) is 14.4. The Bertz CT molecular complexity index is 1110. The van der Waals surface area contributed by atoms with E-state index in [2.05, 4.69) is 48.1 Å². The van der Waals surface area contributed by atoms with Crippen molar-refractivity contribution in [3.8, 4) is 11.5 Å². The second-order valence-electron chi connectivity index (χ2n) is 7.85. The van der Waals surface area contributed by atoms with Crippen molar-refractivity contribution in [2.24, 2.45) is 0 Å². The quantitative estimate of drug-likeness (QED) is 0.663. The number of anilines is 2. The fourth-order valence-electron chi connectivity index (χ4n) is 3.69. The van der Waals surface area contributed by atoms with Crippen LogP contribution in [0.25, 0.3) is 5.57 Å². The van der Waals surface area contributed by atoms with Crippen molar-refractivity contribution in [1.29, 1.82) is 0 Å². The molecule has 0 unspecified atom stereocenters. The van der Waals surface area contributed by atoms with Gasteiger partial charge in [0, 0.05) is 23.7 Å². The van der Waals surface area contributed by atoms with Crippen LogP contribution in [0.4, 0.5) is 11.8 Å². The first-order chi connectivity index (χ1) is 14.4. The summed E-state index contributed by atoms with van der Waals surface area (Å²) in [4.78, 5) is 8.16. The second-order valence-corrected chi connectivity index (χ2v) is 7.85. The highest BCUT2D eigenvalue weighted by atomic mass is 16.5. The van der Waals surface area contributed by atoms with Crippen LogP contribution in [-0.4, -0.2) is 22.2 Å². The van der Waals surface area contributed by atoms with Crippen LogP contribution >= 0.6 is 0 Å². The summed E-state index contributed by atoms with van der Waals surface area (Å²) in [6, 6.07) is 14.4. The van der Waals surface area contributed by atoms with Gasteiger partial charge < -0.3 is 20.9 Å². The van der Waals surface area contributed by atoms with Crippen LogP contribution in [-0.2, 0) is 6.42 Å². The molecule has 6 heteroatoms. The van der Waals surface area contributed by atoms with Gasteiger partial charge in [0.1, 0.15) is 11.4 Å². The maximum absolute atomic E-state index is 6.33. The lowest BCUT2D eigenvalue weighted by molar-refractivity contribution is 0.149. The van der Waals surface area contributed by atoms with E-state index in [1.165, 1.54) is 0 Å². The molecule has 2 aromatic carbocycles. The average Bonchev–Trinajstić information content (AvgIpc) is 2.71. The van der Waals surface area contributed by atoms with Gasteiger partial charge in [-0.2, -0.15) is 4.98 Å². The third-order valence-electron chi connectivity index (χ3n) is 4.96. The third kappa shape index (κ3) is 3.94. The molecule has 3 aromatic rings. The van der Waals surface area contributed by atoms with E-state index < -0.39 is 5.60 Å². The summed E-state index contributed by atoms with van der Waals surface area (Å²) in [5.74, 6) is 2.03. The molecule has 0 saturated carbocycles. The number of fused-ring (bicyclic) bond motifs is 1. The lowest BCUT2D eigenvalue weighted by Gasteiger charge is -2.33. The van der Waals surface area contributed by atoms with Crippen LogP contribution in [0.3, 0.4) is 0 Å². The molecule has 0 atom stereocenters. The van der Waals surface area contributed by atoms with Crippen LogP contribution < -0.4 is 20.9 Å². The Morgan fingerprint density at radius 3 is 2.57 bits per heavy atom. The standard InChI is InChI=1S/C24H26N4O2/c1-4-29-20-12-15(10-17-14-27-23(26)28-22(17)25)11-18-19(16-8-6-5-7-9-16)13-24(2,3)30-21(18)20/h5-9,11-14H,4,10H2,1-3H3,(H4,25,26,27,28). The highest BCUT2D eigenvalue weighted by molar-refractivity contribution is 5.86. The molecule has 0 spiro atoms. The van der Waals surface area contributed by atoms with Crippen molar-refractivity contribution < 1.29 is 9.47 Å². The van der Waals surface area contributed by atoms with E-state index in [-0.39, 0.29) is 5.95 Å². The molecule has 0 bridgehead atoms. The summed E-state index contributed by atoms with van der Waals surface area (Å²) in [7, 11) is 0. The van der Waals surface area contributed by atoms with Crippen molar-refractivity contribution in [1.82, 2.24) is 9.97 Å². The predicted molar refractivity (Wildman–Crippen MR) is 120 cm³/mol. The monoisotopic (exact) mass is 402 g/mol. The minimum absolute atomic E-state index is 0.168. The summed E-state index contributed by atoms with van der Waals surface area (Å²) < 4.78 is 12.3. The number of hydrogen-bond acceptors (Lipinski definition) is 6. The molecule has 0 amide bonds. The fraction of sp³-hybridized carbons (Fsp3) is 0.250.